The van der Waals surface area contributed by atoms with Crippen LogP contribution in [-0.2, 0) is 0 Å². The molecule has 0 saturated heterocycles. The number of halogens is 2. The second-order valence-electron chi connectivity index (χ2n) is 4.20. The lowest BCUT2D eigenvalue weighted by molar-refractivity contribution is 0.102. The number of carbonyl (C=O) groups is 1. The van der Waals surface area contributed by atoms with Crippen LogP contribution in [0.1, 0.15) is 21.5 Å². The Morgan fingerprint density at radius 1 is 1.35 bits per heavy atom. The molecule has 0 spiro atoms. The minimum atomic E-state index is -0.241. The van der Waals surface area contributed by atoms with Crippen molar-refractivity contribution in [3.8, 4) is 6.07 Å². The fourth-order valence-electron chi connectivity index (χ4n) is 1.70. The molecule has 0 aliphatic rings. The van der Waals surface area contributed by atoms with Gasteiger partial charge in [0.1, 0.15) is 0 Å². The molecule has 5 heteroatoms. The molecule has 0 aliphatic heterocycles. The van der Waals surface area contributed by atoms with Gasteiger partial charge >= 0.3 is 0 Å². The van der Waals surface area contributed by atoms with E-state index in [2.05, 4.69) is 27.9 Å². The Kier molecular flexibility index (Phi) is 4.63. The van der Waals surface area contributed by atoms with Crippen molar-refractivity contribution in [2.24, 2.45) is 0 Å². The van der Waals surface area contributed by atoms with Gasteiger partial charge in [-0.25, -0.2) is 0 Å². The molecule has 2 aromatic rings. The summed E-state index contributed by atoms with van der Waals surface area (Å²) in [7, 11) is 0. The van der Waals surface area contributed by atoms with Gasteiger partial charge in [0, 0.05) is 3.57 Å². The molecule has 0 saturated carbocycles. The van der Waals surface area contributed by atoms with E-state index in [9.17, 15) is 4.79 Å². The number of nitrogens with zero attached hydrogens (tertiary/aromatic N) is 1. The van der Waals surface area contributed by atoms with Crippen molar-refractivity contribution in [2.45, 2.75) is 6.92 Å². The maximum absolute atomic E-state index is 12.3. The highest BCUT2D eigenvalue weighted by Gasteiger charge is 2.13. The summed E-state index contributed by atoms with van der Waals surface area (Å²) < 4.78 is 0.898. The molecular weight excluding hydrogens is 387 g/mol. The SMILES string of the molecule is Cc1cccc(C(=O)Nc2cc(C#N)ccc2Cl)c1I. The van der Waals surface area contributed by atoms with Gasteiger partial charge in [-0.3, -0.25) is 4.79 Å². The van der Waals surface area contributed by atoms with Crippen LogP contribution in [0.5, 0.6) is 0 Å². The lowest BCUT2D eigenvalue weighted by Gasteiger charge is -2.10. The predicted octanol–water partition coefficient (Wildman–Crippen LogP) is 4.38. The van der Waals surface area contributed by atoms with Crippen LogP contribution in [0.2, 0.25) is 5.02 Å². The van der Waals surface area contributed by atoms with Gasteiger partial charge in [-0.15, -0.1) is 0 Å². The van der Waals surface area contributed by atoms with Crippen LogP contribution < -0.4 is 5.32 Å². The Morgan fingerprint density at radius 3 is 2.80 bits per heavy atom. The Hall–Kier alpha value is -1.58. The highest BCUT2D eigenvalue weighted by molar-refractivity contribution is 14.1. The van der Waals surface area contributed by atoms with Gasteiger partial charge in [0.2, 0.25) is 0 Å². The maximum atomic E-state index is 12.3. The van der Waals surface area contributed by atoms with Gasteiger partial charge in [0.25, 0.3) is 5.91 Å². The molecule has 0 atom stereocenters. The first-order valence-corrected chi connectivity index (χ1v) is 7.24. The van der Waals surface area contributed by atoms with Crippen LogP contribution in [0.25, 0.3) is 0 Å². The summed E-state index contributed by atoms with van der Waals surface area (Å²) >= 11 is 8.17. The summed E-state index contributed by atoms with van der Waals surface area (Å²) in [5.41, 5.74) is 2.51. The maximum Gasteiger partial charge on any atom is 0.256 e. The fourth-order valence-corrected chi connectivity index (χ4v) is 2.47. The number of hydrogen-bond acceptors (Lipinski definition) is 2. The van der Waals surface area contributed by atoms with E-state index in [-0.39, 0.29) is 5.91 Å². The molecule has 0 fully saturated rings. The van der Waals surface area contributed by atoms with E-state index in [1.165, 1.54) is 0 Å². The molecule has 0 radical (unpaired) electrons. The van der Waals surface area contributed by atoms with Crippen LogP contribution in [-0.4, -0.2) is 5.91 Å². The predicted molar refractivity (Wildman–Crippen MR) is 88.0 cm³/mol. The highest BCUT2D eigenvalue weighted by Crippen LogP contribution is 2.24. The second kappa shape index (κ2) is 6.25. The van der Waals surface area contributed by atoms with Gasteiger partial charge < -0.3 is 5.32 Å². The second-order valence-corrected chi connectivity index (χ2v) is 5.68. The number of amides is 1. The minimum absolute atomic E-state index is 0.241. The van der Waals surface area contributed by atoms with Crippen LogP contribution in [0.4, 0.5) is 5.69 Å². The summed E-state index contributed by atoms with van der Waals surface area (Å²) in [6.45, 7) is 1.95. The molecular formula is C15H10ClIN2O. The topological polar surface area (TPSA) is 52.9 Å². The zero-order valence-electron chi connectivity index (χ0n) is 10.6. The lowest BCUT2D eigenvalue weighted by atomic mass is 10.1. The third kappa shape index (κ3) is 3.11. The molecule has 0 bridgehead atoms. The Bertz CT molecular complexity index is 722. The van der Waals surface area contributed by atoms with Gasteiger partial charge in [0.15, 0.2) is 0 Å². The smallest absolute Gasteiger partial charge is 0.256 e. The van der Waals surface area contributed by atoms with Crippen LogP contribution in [0.15, 0.2) is 36.4 Å². The monoisotopic (exact) mass is 396 g/mol. The minimum Gasteiger partial charge on any atom is -0.321 e. The fraction of sp³-hybridized carbons (Fsp3) is 0.0667. The van der Waals surface area contributed by atoms with Crippen molar-refractivity contribution >= 4 is 45.8 Å². The van der Waals surface area contributed by atoms with Crippen LogP contribution in [0, 0.1) is 21.8 Å². The largest absolute Gasteiger partial charge is 0.321 e. The number of rotatable bonds is 2. The molecule has 2 aromatic carbocycles. The van der Waals surface area contributed by atoms with Crippen molar-refractivity contribution in [2.75, 3.05) is 5.32 Å². The molecule has 0 heterocycles. The molecule has 0 unspecified atom stereocenters. The molecule has 0 aliphatic carbocycles. The average molecular weight is 397 g/mol. The summed E-state index contributed by atoms with van der Waals surface area (Å²) in [6, 6.07) is 12.3. The van der Waals surface area contributed by atoms with E-state index in [0.717, 1.165) is 9.13 Å². The third-order valence-corrected chi connectivity index (χ3v) is 4.54. The number of aryl methyl sites for hydroxylation is 1. The number of anilines is 1. The highest BCUT2D eigenvalue weighted by atomic mass is 127. The van der Waals surface area contributed by atoms with Crippen molar-refractivity contribution in [3.05, 3.63) is 61.7 Å². The van der Waals surface area contributed by atoms with Gasteiger partial charge in [-0.1, -0.05) is 23.7 Å². The van der Waals surface area contributed by atoms with E-state index in [1.54, 1.807) is 24.3 Å². The number of nitriles is 1. The first-order valence-electron chi connectivity index (χ1n) is 5.79. The van der Waals surface area contributed by atoms with Crippen molar-refractivity contribution in [3.63, 3.8) is 0 Å². The number of hydrogen-bond donors (Lipinski definition) is 1. The van der Waals surface area contributed by atoms with Crippen molar-refractivity contribution in [1.82, 2.24) is 0 Å². The van der Waals surface area contributed by atoms with Gasteiger partial charge in [0.05, 0.1) is 27.9 Å². The van der Waals surface area contributed by atoms with Gasteiger partial charge in [-0.2, -0.15) is 5.26 Å². The summed E-state index contributed by atoms with van der Waals surface area (Å²) in [5, 5.41) is 12.0. The molecule has 2 rings (SSSR count). The van der Waals surface area contributed by atoms with E-state index >= 15 is 0 Å². The zero-order valence-corrected chi connectivity index (χ0v) is 13.5. The molecule has 3 nitrogen and oxygen atoms in total. The molecule has 0 aromatic heterocycles. The first-order chi connectivity index (χ1) is 9.52. The number of carbonyl (C=O) groups excluding carboxylic acids is 1. The standard InChI is InChI=1S/C15H10ClIN2O/c1-9-3-2-4-11(14(9)17)15(20)19-13-7-10(8-18)5-6-12(13)16/h2-7H,1H3,(H,19,20). The van der Waals surface area contributed by atoms with Gasteiger partial charge in [-0.05, 0) is 59.3 Å². The molecule has 1 N–H and O–H groups in total. The Morgan fingerprint density at radius 2 is 2.10 bits per heavy atom. The first kappa shape index (κ1) is 14.8. The molecule has 20 heavy (non-hydrogen) atoms. The average Bonchev–Trinajstić information content (AvgIpc) is 2.44. The summed E-state index contributed by atoms with van der Waals surface area (Å²) in [4.78, 5) is 12.3. The van der Waals surface area contributed by atoms with E-state index in [1.807, 2.05) is 25.1 Å². The van der Waals surface area contributed by atoms with E-state index in [4.69, 9.17) is 16.9 Å². The number of nitrogens with one attached hydrogen (secondary N) is 1. The van der Waals surface area contributed by atoms with Crippen LogP contribution >= 0.6 is 34.2 Å². The number of benzene rings is 2. The summed E-state index contributed by atoms with van der Waals surface area (Å²) in [6.07, 6.45) is 0. The molecule has 100 valence electrons. The third-order valence-electron chi connectivity index (χ3n) is 2.78. The Labute approximate surface area is 135 Å². The lowest BCUT2D eigenvalue weighted by Crippen LogP contribution is -2.14. The van der Waals surface area contributed by atoms with Crippen molar-refractivity contribution < 1.29 is 4.79 Å². The van der Waals surface area contributed by atoms with Crippen molar-refractivity contribution in [1.29, 1.82) is 5.26 Å². The van der Waals surface area contributed by atoms with Crippen LogP contribution in [0.3, 0.4) is 0 Å². The zero-order chi connectivity index (χ0) is 14.7. The normalized spacial score (nSPS) is 9.90. The quantitative estimate of drug-likeness (QED) is 0.766. The Balaban J connectivity index is 2.33. The molecule has 1 amide bonds. The van der Waals surface area contributed by atoms with E-state index in [0.29, 0.717) is 21.8 Å². The van der Waals surface area contributed by atoms with E-state index < -0.39 is 0 Å². The summed E-state index contributed by atoms with van der Waals surface area (Å²) in [5.74, 6) is -0.241.